The lowest BCUT2D eigenvalue weighted by Crippen LogP contribution is -2.42. The summed E-state index contributed by atoms with van der Waals surface area (Å²) in [4.78, 5) is 6.78. The number of anilines is 1. The van der Waals surface area contributed by atoms with E-state index in [0.29, 0.717) is 6.04 Å². The molecule has 2 aromatic rings. The standard InChI is InChI=1S/C17H20ClN3/c18-16-6-2-1-5-14(16)13-20-15-8-11-21(12-9-15)17-7-3-4-10-19-17/h1-7,10,15,20H,8-9,11-13H2. The molecule has 1 aliphatic rings. The second kappa shape index (κ2) is 6.92. The first kappa shape index (κ1) is 14.4. The molecule has 0 spiro atoms. The van der Waals surface area contributed by atoms with Crippen LogP contribution in [-0.2, 0) is 6.54 Å². The molecule has 1 aromatic carbocycles. The lowest BCUT2D eigenvalue weighted by molar-refractivity contribution is 0.413. The zero-order valence-corrected chi connectivity index (χ0v) is 12.8. The third-order valence-corrected chi connectivity index (χ3v) is 4.38. The van der Waals surface area contributed by atoms with Crippen molar-refractivity contribution < 1.29 is 0 Å². The van der Waals surface area contributed by atoms with Crippen molar-refractivity contribution in [2.75, 3.05) is 18.0 Å². The van der Waals surface area contributed by atoms with Crippen LogP contribution in [0, 0.1) is 0 Å². The Morgan fingerprint density at radius 3 is 2.57 bits per heavy atom. The van der Waals surface area contributed by atoms with Crippen LogP contribution in [0.15, 0.2) is 48.7 Å². The molecule has 3 nitrogen and oxygen atoms in total. The second-order valence-electron chi connectivity index (χ2n) is 5.42. The number of piperidine rings is 1. The van der Waals surface area contributed by atoms with E-state index < -0.39 is 0 Å². The van der Waals surface area contributed by atoms with E-state index >= 15 is 0 Å². The highest BCUT2D eigenvalue weighted by Gasteiger charge is 2.19. The van der Waals surface area contributed by atoms with Gasteiger partial charge in [-0.25, -0.2) is 4.98 Å². The normalized spacial score (nSPS) is 16.1. The Balaban J connectivity index is 1.49. The third-order valence-electron chi connectivity index (χ3n) is 4.01. The summed E-state index contributed by atoms with van der Waals surface area (Å²) in [5.41, 5.74) is 1.17. The van der Waals surface area contributed by atoms with E-state index in [-0.39, 0.29) is 0 Å². The fraction of sp³-hybridized carbons (Fsp3) is 0.353. The molecule has 0 unspecified atom stereocenters. The maximum Gasteiger partial charge on any atom is 0.128 e. The minimum absolute atomic E-state index is 0.557. The molecule has 1 N–H and O–H groups in total. The third kappa shape index (κ3) is 3.74. The molecular weight excluding hydrogens is 282 g/mol. The summed E-state index contributed by atoms with van der Waals surface area (Å²) >= 11 is 6.19. The summed E-state index contributed by atoms with van der Waals surface area (Å²) in [7, 11) is 0. The van der Waals surface area contributed by atoms with Gasteiger partial charge in [0.25, 0.3) is 0 Å². The summed E-state index contributed by atoms with van der Waals surface area (Å²) in [5.74, 6) is 1.09. The first-order chi connectivity index (χ1) is 10.3. The van der Waals surface area contributed by atoms with Gasteiger partial charge in [-0.05, 0) is 36.6 Å². The molecule has 0 atom stereocenters. The smallest absolute Gasteiger partial charge is 0.128 e. The predicted octanol–water partition coefficient (Wildman–Crippen LogP) is 3.49. The zero-order valence-electron chi connectivity index (χ0n) is 12.0. The molecule has 0 amide bonds. The first-order valence-corrected chi connectivity index (χ1v) is 7.83. The number of hydrogen-bond acceptors (Lipinski definition) is 3. The van der Waals surface area contributed by atoms with Gasteiger partial charge in [-0.15, -0.1) is 0 Å². The van der Waals surface area contributed by atoms with Crippen molar-refractivity contribution in [3.8, 4) is 0 Å². The highest BCUT2D eigenvalue weighted by Crippen LogP contribution is 2.19. The number of aromatic nitrogens is 1. The topological polar surface area (TPSA) is 28.2 Å². The number of benzene rings is 1. The lowest BCUT2D eigenvalue weighted by atomic mass is 10.0. The Morgan fingerprint density at radius 2 is 1.86 bits per heavy atom. The quantitative estimate of drug-likeness (QED) is 0.937. The number of halogens is 1. The van der Waals surface area contributed by atoms with E-state index in [2.05, 4.69) is 27.3 Å². The van der Waals surface area contributed by atoms with Gasteiger partial charge in [0.05, 0.1) is 0 Å². The number of rotatable bonds is 4. The van der Waals surface area contributed by atoms with Crippen LogP contribution in [0.3, 0.4) is 0 Å². The van der Waals surface area contributed by atoms with Crippen molar-refractivity contribution in [2.45, 2.75) is 25.4 Å². The van der Waals surface area contributed by atoms with Crippen LogP contribution in [0.2, 0.25) is 5.02 Å². The molecule has 0 bridgehead atoms. The largest absolute Gasteiger partial charge is 0.357 e. The van der Waals surface area contributed by atoms with Crippen molar-refractivity contribution in [1.29, 1.82) is 0 Å². The molecule has 1 aliphatic heterocycles. The van der Waals surface area contributed by atoms with Gasteiger partial charge in [0.2, 0.25) is 0 Å². The van der Waals surface area contributed by atoms with Crippen LogP contribution in [0.4, 0.5) is 5.82 Å². The number of hydrogen-bond donors (Lipinski definition) is 1. The number of pyridine rings is 1. The van der Waals surface area contributed by atoms with Crippen LogP contribution in [0.25, 0.3) is 0 Å². The Morgan fingerprint density at radius 1 is 1.10 bits per heavy atom. The highest BCUT2D eigenvalue weighted by atomic mass is 35.5. The maximum atomic E-state index is 6.19. The molecule has 2 heterocycles. The zero-order chi connectivity index (χ0) is 14.5. The van der Waals surface area contributed by atoms with E-state index in [9.17, 15) is 0 Å². The summed E-state index contributed by atoms with van der Waals surface area (Å²) in [6, 6.07) is 14.7. The summed E-state index contributed by atoms with van der Waals surface area (Å²) in [5, 5.41) is 4.46. The summed E-state index contributed by atoms with van der Waals surface area (Å²) in [6.07, 6.45) is 4.14. The van der Waals surface area contributed by atoms with Gasteiger partial charge >= 0.3 is 0 Å². The molecule has 0 saturated carbocycles. The molecule has 1 aromatic heterocycles. The lowest BCUT2D eigenvalue weighted by Gasteiger charge is -2.33. The van der Waals surface area contributed by atoms with E-state index in [1.807, 2.05) is 36.5 Å². The minimum Gasteiger partial charge on any atom is -0.357 e. The molecule has 110 valence electrons. The fourth-order valence-electron chi connectivity index (χ4n) is 2.75. The Labute approximate surface area is 131 Å². The van der Waals surface area contributed by atoms with Gasteiger partial charge in [-0.2, -0.15) is 0 Å². The fourth-order valence-corrected chi connectivity index (χ4v) is 2.95. The van der Waals surface area contributed by atoms with Gasteiger partial charge < -0.3 is 10.2 Å². The predicted molar refractivity (Wildman–Crippen MR) is 87.8 cm³/mol. The first-order valence-electron chi connectivity index (χ1n) is 7.46. The Hall–Kier alpha value is -1.58. The average molecular weight is 302 g/mol. The molecule has 0 radical (unpaired) electrons. The van der Waals surface area contributed by atoms with Crippen molar-refractivity contribution >= 4 is 17.4 Å². The summed E-state index contributed by atoms with van der Waals surface area (Å²) in [6.45, 7) is 2.95. The van der Waals surface area contributed by atoms with Crippen LogP contribution < -0.4 is 10.2 Å². The van der Waals surface area contributed by atoms with Crippen LogP contribution in [0.1, 0.15) is 18.4 Å². The molecule has 1 saturated heterocycles. The molecule has 4 heteroatoms. The van der Waals surface area contributed by atoms with Gasteiger partial charge in [0.1, 0.15) is 5.82 Å². The van der Waals surface area contributed by atoms with Gasteiger partial charge in [-0.3, -0.25) is 0 Å². The van der Waals surface area contributed by atoms with E-state index in [1.54, 1.807) is 0 Å². The van der Waals surface area contributed by atoms with Crippen LogP contribution >= 0.6 is 11.6 Å². The van der Waals surface area contributed by atoms with Gasteiger partial charge in [-0.1, -0.05) is 35.9 Å². The van der Waals surface area contributed by atoms with Gasteiger partial charge in [0, 0.05) is 36.9 Å². The SMILES string of the molecule is Clc1ccccc1CNC1CCN(c2ccccn2)CC1. The van der Waals surface area contributed by atoms with Crippen molar-refractivity contribution in [1.82, 2.24) is 10.3 Å². The van der Waals surface area contributed by atoms with Crippen molar-refractivity contribution in [2.24, 2.45) is 0 Å². The summed E-state index contributed by atoms with van der Waals surface area (Å²) < 4.78 is 0. The van der Waals surface area contributed by atoms with E-state index in [1.165, 1.54) is 5.56 Å². The molecular formula is C17H20ClN3. The molecule has 1 fully saturated rings. The molecule has 21 heavy (non-hydrogen) atoms. The van der Waals surface area contributed by atoms with Crippen LogP contribution in [0.5, 0.6) is 0 Å². The van der Waals surface area contributed by atoms with Gasteiger partial charge in [0.15, 0.2) is 0 Å². The Kier molecular flexibility index (Phi) is 4.73. The molecule has 3 rings (SSSR count). The number of nitrogens with zero attached hydrogens (tertiary/aromatic N) is 2. The van der Waals surface area contributed by atoms with Crippen molar-refractivity contribution in [3.05, 3.63) is 59.2 Å². The second-order valence-corrected chi connectivity index (χ2v) is 5.83. The van der Waals surface area contributed by atoms with E-state index in [4.69, 9.17) is 11.6 Å². The average Bonchev–Trinajstić information content (AvgIpc) is 2.55. The maximum absolute atomic E-state index is 6.19. The highest BCUT2D eigenvalue weighted by molar-refractivity contribution is 6.31. The Bertz CT molecular complexity index is 565. The van der Waals surface area contributed by atoms with E-state index in [0.717, 1.165) is 43.3 Å². The van der Waals surface area contributed by atoms with Crippen LogP contribution in [-0.4, -0.2) is 24.1 Å². The van der Waals surface area contributed by atoms with Crippen molar-refractivity contribution in [3.63, 3.8) is 0 Å². The molecule has 0 aliphatic carbocycles. The number of nitrogens with one attached hydrogen (secondary N) is 1. The minimum atomic E-state index is 0.557. The monoisotopic (exact) mass is 301 g/mol.